The maximum absolute atomic E-state index is 14.1. The van der Waals surface area contributed by atoms with Crippen molar-refractivity contribution in [3.8, 4) is 0 Å². The van der Waals surface area contributed by atoms with Gasteiger partial charge in [0.1, 0.15) is 5.82 Å². The summed E-state index contributed by atoms with van der Waals surface area (Å²) in [5.74, 6) is 0.129. The molecule has 0 radical (unpaired) electrons. The molecule has 3 atom stereocenters. The molecule has 0 spiro atoms. The summed E-state index contributed by atoms with van der Waals surface area (Å²) < 4.78 is 14.1. The van der Waals surface area contributed by atoms with Crippen LogP contribution in [0.25, 0.3) is 0 Å². The number of halogens is 2. The fourth-order valence-corrected chi connectivity index (χ4v) is 5.22. The molecule has 1 amide bonds. The minimum atomic E-state index is -0.534. The lowest BCUT2D eigenvalue weighted by Gasteiger charge is -2.29. The van der Waals surface area contributed by atoms with Crippen LogP contribution in [0.4, 0.5) is 4.39 Å². The van der Waals surface area contributed by atoms with E-state index in [0.717, 1.165) is 32.4 Å². The number of carbonyl (C=O) groups is 1. The van der Waals surface area contributed by atoms with Gasteiger partial charge in [0.2, 0.25) is 0 Å². The van der Waals surface area contributed by atoms with E-state index < -0.39 is 5.82 Å². The Bertz CT molecular complexity index is 825. The predicted octanol–water partition coefficient (Wildman–Crippen LogP) is 4.89. The van der Waals surface area contributed by atoms with E-state index in [2.05, 4.69) is 42.2 Å². The smallest absolute Gasteiger partial charge is 0.258 e. The highest BCUT2D eigenvalue weighted by Crippen LogP contribution is 2.35. The van der Waals surface area contributed by atoms with Gasteiger partial charge in [-0.25, -0.2) is 4.39 Å². The first-order valence-corrected chi connectivity index (χ1v) is 11.0. The van der Waals surface area contributed by atoms with Crippen molar-refractivity contribution in [3.05, 3.63) is 70.5 Å². The molecule has 2 heterocycles. The summed E-state index contributed by atoms with van der Waals surface area (Å²) in [6.07, 6.45) is 3.40. The van der Waals surface area contributed by atoms with Crippen LogP contribution in [0.5, 0.6) is 0 Å². The monoisotopic (exact) mass is 414 g/mol. The van der Waals surface area contributed by atoms with Crippen molar-refractivity contribution in [2.24, 2.45) is 11.8 Å². The zero-order chi connectivity index (χ0) is 20.4. The highest BCUT2D eigenvalue weighted by Gasteiger charge is 2.43. The third kappa shape index (κ3) is 4.34. The molecule has 0 aromatic heterocycles. The maximum Gasteiger partial charge on any atom is 0.258 e. The first-order valence-electron chi connectivity index (χ1n) is 10.6. The van der Waals surface area contributed by atoms with Gasteiger partial charge >= 0.3 is 0 Å². The standard InChI is InChI=1S/C24H28ClFN2O/c1-2-20(12-11-17-7-4-3-5-8-17)27-13-18-15-28(16-19(18)14-27)24(29)23-21(25)9-6-10-22(23)26/h3-10,18-20H,2,11-16H2,1H3. The van der Waals surface area contributed by atoms with Crippen molar-refractivity contribution in [2.45, 2.75) is 32.2 Å². The molecule has 2 saturated heterocycles. The molecule has 2 aliphatic rings. The molecule has 2 aromatic carbocycles. The number of hydrogen-bond donors (Lipinski definition) is 0. The van der Waals surface area contributed by atoms with E-state index in [-0.39, 0.29) is 16.5 Å². The maximum atomic E-state index is 14.1. The van der Waals surface area contributed by atoms with E-state index in [1.165, 1.54) is 17.7 Å². The first kappa shape index (κ1) is 20.4. The molecule has 5 heteroatoms. The van der Waals surface area contributed by atoms with Crippen LogP contribution in [-0.2, 0) is 6.42 Å². The van der Waals surface area contributed by atoms with Crippen LogP contribution in [-0.4, -0.2) is 47.9 Å². The fourth-order valence-electron chi connectivity index (χ4n) is 4.98. The number of benzene rings is 2. The molecule has 2 aliphatic heterocycles. The minimum absolute atomic E-state index is 0.0142. The highest BCUT2D eigenvalue weighted by atomic mass is 35.5. The van der Waals surface area contributed by atoms with Crippen LogP contribution in [0.1, 0.15) is 35.7 Å². The molecule has 0 N–H and O–H groups in total. The highest BCUT2D eigenvalue weighted by molar-refractivity contribution is 6.33. The second-order valence-electron chi connectivity index (χ2n) is 8.37. The summed E-state index contributed by atoms with van der Waals surface area (Å²) in [7, 11) is 0. The summed E-state index contributed by atoms with van der Waals surface area (Å²) in [6, 6.07) is 15.6. The van der Waals surface area contributed by atoms with Crippen LogP contribution >= 0.6 is 11.6 Å². The van der Waals surface area contributed by atoms with Gasteiger partial charge in [0.25, 0.3) is 5.91 Å². The zero-order valence-electron chi connectivity index (χ0n) is 16.9. The van der Waals surface area contributed by atoms with Gasteiger partial charge in [-0.05, 0) is 48.8 Å². The van der Waals surface area contributed by atoms with Gasteiger partial charge in [-0.3, -0.25) is 9.69 Å². The van der Waals surface area contributed by atoms with E-state index >= 15 is 0 Å². The van der Waals surface area contributed by atoms with Crippen LogP contribution in [0.3, 0.4) is 0 Å². The summed E-state index contributed by atoms with van der Waals surface area (Å²) in [5.41, 5.74) is 1.41. The van der Waals surface area contributed by atoms with Crippen molar-refractivity contribution >= 4 is 17.5 Å². The van der Waals surface area contributed by atoms with Gasteiger partial charge in [0.15, 0.2) is 0 Å². The van der Waals surface area contributed by atoms with Gasteiger partial charge < -0.3 is 4.90 Å². The molecule has 0 saturated carbocycles. The average molecular weight is 415 g/mol. The molecule has 2 fully saturated rings. The number of aryl methyl sites for hydroxylation is 1. The lowest BCUT2D eigenvalue weighted by molar-refractivity contribution is 0.0764. The molecule has 2 aromatic rings. The quantitative estimate of drug-likeness (QED) is 0.671. The first-order chi connectivity index (χ1) is 14.1. The predicted molar refractivity (Wildman–Crippen MR) is 115 cm³/mol. The Labute approximate surface area is 177 Å². The van der Waals surface area contributed by atoms with E-state index in [0.29, 0.717) is 31.0 Å². The molecule has 3 unspecified atom stereocenters. The van der Waals surface area contributed by atoms with Crippen LogP contribution in [0.2, 0.25) is 5.02 Å². The third-order valence-electron chi connectivity index (χ3n) is 6.58. The van der Waals surface area contributed by atoms with Gasteiger partial charge in [-0.2, -0.15) is 0 Å². The Balaban J connectivity index is 1.35. The summed E-state index contributed by atoms with van der Waals surface area (Å²) in [5, 5.41) is 0.195. The van der Waals surface area contributed by atoms with E-state index in [9.17, 15) is 9.18 Å². The summed E-state index contributed by atoms with van der Waals surface area (Å²) >= 11 is 6.10. The molecular weight excluding hydrogens is 387 g/mol. The lowest BCUT2D eigenvalue weighted by Crippen LogP contribution is -2.38. The Morgan fingerprint density at radius 2 is 1.76 bits per heavy atom. The second kappa shape index (κ2) is 8.85. The van der Waals surface area contributed by atoms with Crippen molar-refractivity contribution in [1.82, 2.24) is 9.80 Å². The van der Waals surface area contributed by atoms with E-state index in [1.54, 1.807) is 11.0 Å². The Morgan fingerprint density at radius 3 is 2.38 bits per heavy atom. The average Bonchev–Trinajstić information content (AvgIpc) is 3.28. The SMILES string of the molecule is CCC(CCc1ccccc1)N1CC2CN(C(=O)c3c(F)cccc3Cl)CC2C1. The third-order valence-corrected chi connectivity index (χ3v) is 6.89. The minimum Gasteiger partial charge on any atom is -0.338 e. The number of likely N-dealkylation sites (tertiary alicyclic amines) is 2. The lowest BCUT2D eigenvalue weighted by atomic mass is 10.0. The van der Waals surface area contributed by atoms with Crippen molar-refractivity contribution in [3.63, 3.8) is 0 Å². The summed E-state index contributed by atoms with van der Waals surface area (Å²) in [6.45, 7) is 5.69. The molecule has 29 heavy (non-hydrogen) atoms. The number of nitrogens with zero attached hydrogens (tertiary/aromatic N) is 2. The topological polar surface area (TPSA) is 23.6 Å². The normalized spacial score (nSPS) is 22.7. The number of hydrogen-bond acceptors (Lipinski definition) is 2. The Kier molecular flexibility index (Phi) is 6.21. The van der Waals surface area contributed by atoms with Gasteiger partial charge in [-0.1, -0.05) is 54.9 Å². The van der Waals surface area contributed by atoms with Gasteiger partial charge in [-0.15, -0.1) is 0 Å². The van der Waals surface area contributed by atoms with E-state index in [4.69, 9.17) is 11.6 Å². The second-order valence-corrected chi connectivity index (χ2v) is 8.77. The molecule has 154 valence electrons. The van der Waals surface area contributed by atoms with Crippen LogP contribution in [0.15, 0.2) is 48.5 Å². The largest absolute Gasteiger partial charge is 0.338 e. The molecule has 4 rings (SSSR count). The molecule has 0 bridgehead atoms. The number of rotatable bonds is 6. The molecular formula is C24H28ClFN2O. The van der Waals surface area contributed by atoms with E-state index in [1.807, 2.05) is 0 Å². The van der Waals surface area contributed by atoms with Gasteiger partial charge in [0.05, 0.1) is 10.6 Å². The Morgan fingerprint density at radius 1 is 1.07 bits per heavy atom. The number of carbonyl (C=O) groups excluding carboxylic acids is 1. The molecule has 0 aliphatic carbocycles. The molecule has 3 nitrogen and oxygen atoms in total. The van der Waals surface area contributed by atoms with Crippen molar-refractivity contribution < 1.29 is 9.18 Å². The fraction of sp³-hybridized carbons (Fsp3) is 0.458. The van der Waals surface area contributed by atoms with Gasteiger partial charge in [0, 0.05) is 32.2 Å². The number of amides is 1. The van der Waals surface area contributed by atoms with Crippen molar-refractivity contribution in [1.29, 1.82) is 0 Å². The zero-order valence-corrected chi connectivity index (χ0v) is 17.6. The van der Waals surface area contributed by atoms with Crippen LogP contribution in [0, 0.1) is 17.7 Å². The number of fused-ring (bicyclic) bond motifs is 1. The summed E-state index contributed by atoms with van der Waals surface area (Å²) in [4.78, 5) is 17.2. The Hall–Kier alpha value is -1.91. The van der Waals surface area contributed by atoms with Crippen LogP contribution < -0.4 is 0 Å². The van der Waals surface area contributed by atoms with Crippen molar-refractivity contribution in [2.75, 3.05) is 26.2 Å².